The van der Waals surface area contributed by atoms with Gasteiger partial charge in [0.15, 0.2) is 0 Å². The SMILES string of the molecule is Cc1occc1-c1nnc(SCCCN2CCOCC2)o1. The fraction of sp³-hybridized carbons (Fsp3) is 0.571. The van der Waals surface area contributed by atoms with E-state index in [0.717, 1.165) is 56.3 Å². The normalized spacial score (nSPS) is 16.4. The highest BCUT2D eigenvalue weighted by molar-refractivity contribution is 7.99. The first-order valence-corrected chi connectivity index (χ1v) is 8.12. The lowest BCUT2D eigenvalue weighted by molar-refractivity contribution is 0.0381. The van der Waals surface area contributed by atoms with Crippen LogP contribution in [0.1, 0.15) is 12.2 Å². The summed E-state index contributed by atoms with van der Waals surface area (Å²) in [6, 6.07) is 1.84. The molecule has 0 aliphatic carbocycles. The Labute approximate surface area is 127 Å². The summed E-state index contributed by atoms with van der Waals surface area (Å²) >= 11 is 1.60. The summed E-state index contributed by atoms with van der Waals surface area (Å²) in [5.41, 5.74) is 0.864. The third kappa shape index (κ3) is 3.87. The highest BCUT2D eigenvalue weighted by Gasteiger charge is 2.13. The van der Waals surface area contributed by atoms with Gasteiger partial charge >= 0.3 is 0 Å². The van der Waals surface area contributed by atoms with Gasteiger partial charge in [-0.25, -0.2) is 0 Å². The summed E-state index contributed by atoms with van der Waals surface area (Å²) in [7, 11) is 0. The van der Waals surface area contributed by atoms with Gasteiger partial charge in [-0.1, -0.05) is 11.8 Å². The van der Waals surface area contributed by atoms with Gasteiger partial charge in [0, 0.05) is 18.8 Å². The van der Waals surface area contributed by atoms with Crippen molar-refractivity contribution in [2.45, 2.75) is 18.6 Å². The molecule has 3 rings (SSSR count). The summed E-state index contributed by atoms with van der Waals surface area (Å²) in [5.74, 6) is 2.29. The minimum absolute atomic E-state index is 0.525. The Morgan fingerprint density at radius 3 is 2.90 bits per heavy atom. The molecule has 1 aliphatic rings. The van der Waals surface area contributed by atoms with Crippen LogP contribution in [-0.2, 0) is 4.74 Å². The molecule has 0 unspecified atom stereocenters. The van der Waals surface area contributed by atoms with E-state index in [4.69, 9.17) is 13.6 Å². The zero-order valence-corrected chi connectivity index (χ0v) is 12.9. The first-order chi connectivity index (χ1) is 10.3. The Bertz CT molecular complexity index is 563. The molecule has 1 fully saturated rings. The molecule has 0 amide bonds. The van der Waals surface area contributed by atoms with Gasteiger partial charge in [0.2, 0.25) is 0 Å². The summed E-state index contributed by atoms with van der Waals surface area (Å²) in [6.45, 7) is 6.76. The number of ether oxygens (including phenoxy) is 1. The van der Waals surface area contributed by atoms with Gasteiger partial charge in [0.05, 0.1) is 25.0 Å². The third-order valence-corrected chi connectivity index (χ3v) is 4.35. The molecule has 1 saturated heterocycles. The van der Waals surface area contributed by atoms with E-state index in [9.17, 15) is 0 Å². The molecule has 2 aromatic heterocycles. The van der Waals surface area contributed by atoms with E-state index in [1.807, 2.05) is 13.0 Å². The van der Waals surface area contributed by atoms with Crippen molar-refractivity contribution in [3.8, 4) is 11.5 Å². The lowest BCUT2D eigenvalue weighted by Crippen LogP contribution is -2.36. The second-order valence-electron chi connectivity index (χ2n) is 4.92. The Hall–Kier alpha value is -1.31. The summed E-state index contributed by atoms with van der Waals surface area (Å²) in [6.07, 6.45) is 2.73. The minimum Gasteiger partial charge on any atom is -0.469 e. The molecule has 0 saturated carbocycles. The molecule has 0 atom stereocenters. The molecule has 2 aromatic rings. The zero-order valence-electron chi connectivity index (χ0n) is 12.1. The van der Waals surface area contributed by atoms with E-state index in [1.165, 1.54) is 0 Å². The van der Waals surface area contributed by atoms with Gasteiger partial charge in [-0.3, -0.25) is 4.90 Å². The van der Waals surface area contributed by atoms with E-state index < -0.39 is 0 Å². The van der Waals surface area contributed by atoms with Gasteiger partial charge in [0.1, 0.15) is 5.76 Å². The van der Waals surface area contributed by atoms with Crippen LogP contribution in [0.5, 0.6) is 0 Å². The van der Waals surface area contributed by atoms with Crippen LogP contribution in [0.2, 0.25) is 0 Å². The molecule has 7 heteroatoms. The largest absolute Gasteiger partial charge is 0.469 e. The Balaban J connectivity index is 1.44. The second kappa shape index (κ2) is 7.11. The fourth-order valence-corrected chi connectivity index (χ4v) is 2.94. The summed E-state index contributed by atoms with van der Waals surface area (Å²) in [5, 5.41) is 8.75. The number of hydrogen-bond acceptors (Lipinski definition) is 7. The Morgan fingerprint density at radius 1 is 1.29 bits per heavy atom. The first-order valence-electron chi connectivity index (χ1n) is 7.14. The molecular formula is C14H19N3O3S. The Morgan fingerprint density at radius 2 is 2.14 bits per heavy atom. The molecule has 0 radical (unpaired) electrons. The van der Waals surface area contributed by atoms with E-state index >= 15 is 0 Å². The van der Waals surface area contributed by atoms with Gasteiger partial charge in [0.25, 0.3) is 11.1 Å². The van der Waals surface area contributed by atoms with Gasteiger partial charge in [-0.05, 0) is 26.0 Å². The van der Waals surface area contributed by atoms with E-state index in [-0.39, 0.29) is 0 Å². The van der Waals surface area contributed by atoms with E-state index in [1.54, 1.807) is 18.0 Å². The number of morpholine rings is 1. The van der Waals surface area contributed by atoms with Crippen molar-refractivity contribution >= 4 is 11.8 Å². The van der Waals surface area contributed by atoms with Crippen LogP contribution in [0.15, 0.2) is 26.4 Å². The third-order valence-electron chi connectivity index (χ3n) is 3.44. The molecule has 0 aromatic carbocycles. The second-order valence-corrected chi connectivity index (χ2v) is 5.97. The van der Waals surface area contributed by atoms with E-state index in [0.29, 0.717) is 11.1 Å². The predicted molar refractivity (Wildman–Crippen MR) is 79.3 cm³/mol. The number of furan rings is 1. The molecule has 6 nitrogen and oxygen atoms in total. The number of aromatic nitrogens is 2. The number of aryl methyl sites for hydroxylation is 1. The lowest BCUT2D eigenvalue weighted by atomic mass is 10.3. The van der Waals surface area contributed by atoms with Gasteiger partial charge in [-0.15, -0.1) is 10.2 Å². The maximum absolute atomic E-state index is 5.65. The number of thioether (sulfide) groups is 1. The maximum Gasteiger partial charge on any atom is 0.276 e. The van der Waals surface area contributed by atoms with Crippen LogP contribution < -0.4 is 0 Å². The molecular weight excluding hydrogens is 290 g/mol. The topological polar surface area (TPSA) is 64.5 Å². The van der Waals surface area contributed by atoms with Crippen molar-refractivity contribution in [2.75, 3.05) is 38.6 Å². The molecule has 0 spiro atoms. The van der Waals surface area contributed by atoms with Crippen LogP contribution >= 0.6 is 11.8 Å². The molecule has 0 bridgehead atoms. The first kappa shape index (κ1) is 14.6. The average molecular weight is 309 g/mol. The standard InChI is InChI=1S/C14H19N3O3S/c1-11-12(3-7-19-11)13-15-16-14(20-13)21-10-2-4-17-5-8-18-9-6-17/h3,7H,2,4-6,8-10H2,1H3. The molecule has 3 heterocycles. The molecule has 21 heavy (non-hydrogen) atoms. The van der Waals surface area contributed by atoms with Crippen molar-refractivity contribution in [1.29, 1.82) is 0 Å². The highest BCUT2D eigenvalue weighted by atomic mass is 32.2. The van der Waals surface area contributed by atoms with Crippen molar-refractivity contribution in [3.63, 3.8) is 0 Å². The quantitative estimate of drug-likeness (QED) is 0.600. The summed E-state index contributed by atoms with van der Waals surface area (Å²) < 4.78 is 16.2. The van der Waals surface area contributed by atoms with Crippen molar-refractivity contribution in [1.82, 2.24) is 15.1 Å². The highest BCUT2D eigenvalue weighted by Crippen LogP contribution is 2.26. The molecule has 1 aliphatic heterocycles. The van der Waals surface area contributed by atoms with Crippen LogP contribution in [0, 0.1) is 6.92 Å². The van der Waals surface area contributed by atoms with Gasteiger partial charge < -0.3 is 13.6 Å². The van der Waals surface area contributed by atoms with Crippen LogP contribution in [-0.4, -0.2) is 53.7 Å². The average Bonchev–Trinajstić information content (AvgIpc) is 3.13. The van der Waals surface area contributed by atoms with Crippen LogP contribution in [0.4, 0.5) is 0 Å². The monoisotopic (exact) mass is 309 g/mol. The lowest BCUT2D eigenvalue weighted by Gasteiger charge is -2.26. The zero-order chi connectivity index (χ0) is 14.5. The van der Waals surface area contributed by atoms with Crippen molar-refractivity contribution < 1.29 is 13.6 Å². The number of nitrogens with zero attached hydrogens (tertiary/aromatic N) is 3. The molecule has 114 valence electrons. The number of rotatable bonds is 6. The minimum atomic E-state index is 0.525. The van der Waals surface area contributed by atoms with E-state index in [2.05, 4.69) is 15.1 Å². The fourth-order valence-electron chi connectivity index (χ4n) is 2.26. The smallest absolute Gasteiger partial charge is 0.276 e. The summed E-state index contributed by atoms with van der Waals surface area (Å²) in [4.78, 5) is 2.43. The molecule has 0 N–H and O–H groups in total. The van der Waals surface area contributed by atoms with Crippen molar-refractivity contribution in [3.05, 3.63) is 18.1 Å². The van der Waals surface area contributed by atoms with Gasteiger partial charge in [-0.2, -0.15) is 0 Å². The number of hydrogen-bond donors (Lipinski definition) is 0. The predicted octanol–water partition coefficient (Wildman–Crippen LogP) is 2.45. The van der Waals surface area contributed by atoms with Crippen molar-refractivity contribution in [2.24, 2.45) is 0 Å². The maximum atomic E-state index is 5.65. The van der Waals surface area contributed by atoms with Crippen LogP contribution in [0.25, 0.3) is 11.5 Å². The van der Waals surface area contributed by atoms with Crippen LogP contribution in [0.3, 0.4) is 0 Å². The Kier molecular flexibility index (Phi) is 4.95.